The van der Waals surface area contributed by atoms with Crippen molar-refractivity contribution in [1.82, 2.24) is 0 Å². The Bertz CT molecular complexity index is 645. The quantitative estimate of drug-likeness (QED) is 0.493. The van der Waals surface area contributed by atoms with E-state index in [1.807, 2.05) is 21.6 Å². The monoisotopic (exact) mass is 384 g/mol. The van der Waals surface area contributed by atoms with Crippen LogP contribution in [0.15, 0.2) is 58.3 Å². The second-order valence-corrected chi connectivity index (χ2v) is 9.62. The number of nitrogens with one attached hydrogen (secondary N) is 2. The first-order valence-electron chi connectivity index (χ1n) is 9.94. The molecule has 0 radical (unpaired) electrons. The molecule has 138 valence electrons. The fraction of sp³-hybridized carbons (Fsp3) is 0.455. The average Bonchev–Trinajstić information content (AvgIpc) is 3.36. The zero-order chi connectivity index (χ0) is 17.6. The lowest BCUT2D eigenvalue weighted by Gasteiger charge is -2.18. The van der Waals surface area contributed by atoms with Crippen molar-refractivity contribution >= 4 is 33.0 Å². The second kappa shape index (κ2) is 9.09. The van der Waals surface area contributed by atoms with Gasteiger partial charge in [0.05, 0.1) is 0 Å². The van der Waals surface area contributed by atoms with Gasteiger partial charge in [-0.1, -0.05) is 71.5 Å². The molecule has 0 saturated heterocycles. The largest absolute Gasteiger partial charge is 0.381 e. The molecular formula is C22H28N2S2. The maximum Gasteiger partial charge on any atom is 0.0489 e. The van der Waals surface area contributed by atoms with Crippen LogP contribution >= 0.6 is 21.6 Å². The summed E-state index contributed by atoms with van der Waals surface area (Å²) >= 11 is 0. The van der Waals surface area contributed by atoms with Crippen molar-refractivity contribution < 1.29 is 0 Å². The molecule has 0 heterocycles. The zero-order valence-electron chi connectivity index (χ0n) is 15.2. The highest BCUT2D eigenvalue weighted by molar-refractivity contribution is 8.76. The van der Waals surface area contributed by atoms with Gasteiger partial charge in [-0.2, -0.15) is 0 Å². The Morgan fingerprint density at radius 2 is 0.962 bits per heavy atom. The van der Waals surface area contributed by atoms with Crippen LogP contribution < -0.4 is 10.6 Å². The van der Waals surface area contributed by atoms with Gasteiger partial charge in [0.2, 0.25) is 0 Å². The molecule has 2 aliphatic carbocycles. The van der Waals surface area contributed by atoms with E-state index < -0.39 is 0 Å². The molecule has 26 heavy (non-hydrogen) atoms. The van der Waals surface area contributed by atoms with Gasteiger partial charge < -0.3 is 10.6 Å². The van der Waals surface area contributed by atoms with Crippen molar-refractivity contribution in [3.05, 3.63) is 48.5 Å². The van der Waals surface area contributed by atoms with E-state index in [0.29, 0.717) is 12.1 Å². The van der Waals surface area contributed by atoms with Crippen molar-refractivity contribution in [2.24, 2.45) is 0 Å². The lowest BCUT2D eigenvalue weighted by molar-refractivity contribution is 0.753. The fourth-order valence-electron chi connectivity index (χ4n) is 3.99. The van der Waals surface area contributed by atoms with E-state index >= 15 is 0 Å². The van der Waals surface area contributed by atoms with Gasteiger partial charge in [0.1, 0.15) is 0 Å². The summed E-state index contributed by atoms with van der Waals surface area (Å²) in [5.74, 6) is 0. The van der Waals surface area contributed by atoms with Crippen LogP contribution in [0.5, 0.6) is 0 Å². The molecule has 2 saturated carbocycles. The van der Waals surface area contributed by atoms with E-state index in [0.717, 1.165) is 0 Å². The minimum Gasteiger partial charge on any atom is -0.381 e. The van der Waals surface area contributed by atoms with Gasteiger partial charge in [-0.25, -0.2) is 0 Å². The fourth-order valence-corrected chi connectivity index (χ4v) is 6.28. The molecule has 2 fully saturated rings. The summed E-state index contributed by atoms with van der Waals surface area (Å²) in [6.07, 6.45) is 10.7. The van der Waals surface area contributed by atoms with E-state index in [4.69, 9.17) is 0 Å². The van der Waals surface area contributed by atoms with Crippen LogP contribution in [0.25, 0.3) is 0 Å². The van der Waals surface area contributed by atoms with Crippen LogP contribution in [-0.4, -0.2) is 12.1 Å². The van der Waals surface area contributed by atoms with Gasteiger partial charge in [0, 0.05) is 33.2 Å². The van der Waals surface area contributed by atoms with E-state index in [-0.39, 0.29) is 0 Å². The third kappa shape index (κ3) is 4.72. The molecule has 2 aromatic carbocycles. The third-order valence-electron chi connectivity index (χ3n) is 5.42. The molecule has 2 aliphatic rings. The Balaban J connectivity index is 1.42. The molecular weight excluding hydrogens is 356 g/mol. The molecule has 0 unspecified atom stereocenters. The number of rotatable bonds is 7. The summed E-state index contributed by atoms with van der Waals surface area (Å²) in [5.41, 5.74) is 2.58. The maximum absolute atomic E-state index is 3.77. The predicted molar refractivity (Wildman–Crippen MR) is 116 cm³/mol. The van der Waals surface area contributed by atoms with Gasteiger partial charge >= 0.3 is 0 Å². The van der Waals surface area contributed by atoms with E-state index in [1.165, 1.54) is 72.5 Å². The second-order valence-electron chi connectivity index (χ2n) is 7.41. The van der Waals surface area contributed by atoms with Crippen LogP contribution in [0.4, 0.5) is 11.4 Å². The lowest BCUT2D eigenvalue weighted by Crippen LogP contribution is -2.15. The standard InChI is InChI=1S/C22H28N2S2/c1-2-10-17(9-1)23-19-13-5-7-15-21(19)25-26-22-16-8-6-14-20(22)24-18-11-3-4-12-18/h5-8,13-18,23-24H,1-4,9-12H2. The molecule has 0 atom stereocenters. The highest BCUT2D eigenvalue weighted by Crippen LogP contribution is 2.44. The minimum absolute atomic E-state index is 0.651. The average molecular weight is 385 g/mol. The minimum atomic E-state index is 0.651. The van der Waals surface area contributed by atoms with Crippen LogP contribution in [-0.2, 0) is 0 Å². The van der Waals surface area contributed by atoms with Crippen molar-refractivity contribution in [3.63, 3.8) is 0 Å². The van der Waals surface area contributed by atoms with Crippen molar-refractivity contribution in [1.29, 1.82) is 0 Å². The number of anilines is 2. The Morgan fingerprint density at radius 3 is 1.38 bits per heavy atom. The zero-order valence-corrected chi connectivity index (χ0v) is 16.9. The first-order chi connectivity index (χ1) is 12.9. The number of hydrogen-bond donors (Lipinski definition) is 2. The van der Waals surface area contributed by atoms with E-state index in [9.17, 15) is 0 Å². The van der Waals surface area contributed by atoms with Gasteiger partial charge in [-0.15, -0.1) is 0 Å². The van der Waals surface area contributed by atoms with Crippen LogP contribution in [0.2, 0.25) is 0 Å². The molecule has 2 nitrogen and oxygen atoms in total. The molecule has 0 bridgehead atoms. The van der Waals surface area contributed by atoms with Crippen molar-refractivity contribution in [3.8, 4) is 0 Å². The Hall–Kier alpha value is -1.26. The number of para-hydroxylation sites is 2. The molecule has 4 rings (SSSR count). The Kier molecular flexibility index (Phi) is 6.34. The number of benzene rings is 2. The van der Waals surface area contributed by atoms with Crippen molar-refractivity contribution in [2.75, 3.05) is 10.6 Å². The third-order valence-corrected chi connectivity index (χ3v) is 7.91. The van der Waals surface area contributed by atoms with Gasteiger partial charge in [-0.05, 0) is 49.9 Å². The Labute approximate surface area is 165 Å². The molecule has 0 aromatic heterocycles. The predicted octanol–water partition coefficient (Wildman–Crippen LogP) is 7.20. The topological polar surface area (TPSA) is 24.1 Å². The van der Waals surface area contributed by atoms with E-state index in [1.54, 1.807) is 0 Å². The summed E-state index contributed by atoms with van der Waals surface area (Å²) in [6, 6.07) is 18.8. The highest BCUT2D eigenvalue weighted by atomic mass is 33.1. The SMILES string of the molecule is c1ccc(SSc2ccccc2NC2CCCC2)c(NC2CCCC2)c1. The van der Waals surface area contributed by atoms with Crippen molar-refractivity contribution in [2.45, 2.75) is 73.2 Å². The first kappa shape index (κ1) is 18.1. The van der Waals surface area contributed by atoms with Gasteiger partial charge in [0.25, 0.3) is 0 Å². The Morgan fingerprint density at radius 1 is 0.577 bits per heavy atom. The summed E-state index contributed by atoms with van der Waals surface area (Å²) < 4.78 is 0. The molecule has 0 amide bonds. The summed E-state index contributed by atoms with van der Waals surface area (Å²) in [6.45, 7) is 0. The smallest absolute Gasteiger partial charge is 0.0489 e. The normalized spacial score (nSPS) is 18.3. The van der Waals surface area contributed by atoms with Crippen LogP contribution in [0, 0.1) is 0 Å². The lowest BCUT2D eigenvalue weighted by atomic mass is 10.2. The van der Waals surface area contributed by atoms with Gasteiger partial charge in [-0.3, -0.25) is 0 Å². The molecule has 2 aromatic rings. The highest BCUT2D eigenvalue weighted by Gasteiger charge is 2.17. The first-order valence-corrected chi connectivity index (χ1v) is 12.1. The van der Waals surface area contributed by atoms with Crippen LogP contribution in [0.1, 0.15) is 51.4 Å². The van der Waals surface area contributed by atoms with Crippen LogP contribution in [0.3, 0.4) is 0 Å². The maximum atomic E-state index is 3.77. The van der Waals surface area contributed by atoms with E-state index in [2.05, 4.69) is 59.2 Å². The summed E-state index contributed by atoms with van der Waals surface area (Å²) in [7, 11) is 3.74. The number of hydrogen-bond acceptors (Lipinski definition) is 4. The summed E-state index contributed by atoms with van der Waals surface area (Å²) in [4.78, 5) is 2.67. The molecule has 4 heteroatoms. The molecule has 2 N–H and O–H groups in total. The van der Waals surface area contributed by atoms with Gasteiger partial charge in [0.15, 0.2) is 0 Å². The summed E-state index contributed by atoms with van der Waals surface area (Å²) in [5, 5.41) is 7.54. The molecule has 0 spiro atoms. The molecule has 0 aliphatic heterocycles.